The average molecular weight is 275 g/mol. The molecule has 2 nitrogen and oxygen atoms in total. The highest BCUT2D eigenvalue weighted by molar-refractivity contribution is 6.12. The van der Waals surface area contributed by atoms with Crippen molar-refractivity contribution in [3.05, 3.63) is 60.0 Å². The lowest BCUT2D eigenvalue weighted by molar-refractivity contribution is -0.677. The third-order valence-corrected chi connectivity index (χ3v) is 4.43. The minimum absolute atomic E-state index is 1.02. The van der Waals surface area contributed by atoms with Gasteiger partial charge in [-0.3, -0.25) is 0 Å². The molecule has 0 spiro atoms. The van der Waals surface area contributed by atoms with Crippen molar-refractivity contribution in [1.82, 2.24) is 4.40 Å². The Labute approximate surface area is 124 Å². The molecule has 21 heavy (non-hydrogen) atoms. The van der Waals surface area contributed by atoms with E-state index in [1.165, 1.54) is 38.6 Å². The Morgan fingerprint density at radius 3 is 2.43 bits per heavy atom. The molecule has 4 rings (SSSR count). The van der Waals surface area contributed by atoms with Crippen LogP contribution in [0.2, 0.25) is 0 Å². The predicted octanol–water partition coefficient (Wildman–Crippen LogP) is 3.94. The second kappa shape index (κ2) is 4.32. The normalized spacial score (nSPS) is 11.8. The summed E-state index contributed by atoms with van der Waals surface area (Å²) in [4.78, 5) is 0. The number of fused-ring (bicyclic) bond motifs is 6. The first-order valence-electron chi connectivity index (χ1n) is 7.51. The summed E-state index contributed by atoms with van der Waals surface area (Å²) in [5, 5.41) is 3.99. The van der Waals surface area contributed by atoms with Gasteiger partial charge in [0.25, 0.3) is 5.82 Å². The number of pyridine rings is 1. The van der Waals surface area contributed by atoms with Crippen LogP contribution in [0.15, 0.2) is 48.7 Å². The fourth-order valence-electron chi connectivity index (χ4n) is 3.47. The zero-order valence-electron chi connectivity index (χ0n) is 12.7. The fourth-order valence-corrected chi connectivity index (χ4v) is 3.47. The lowest BCUT2D eigenvalue weighted by atomic mass is 10.0. The summed E-state index contributed by atoms with van der Waals surface area (Å²) in [6.45, 7) is 4.38. The van der Waals surface area contributed by atoms with Crippen molar-refractivity contribution in [1.29, 1.82) is 0 Å². The Morgan fingerprint density at radius 2 is 1.67 bits per heavy atom. The SMILES string of the molecule is CCc1n2c3cc(C)ccc3c3ccccc3c2c[n+]1C. The Hall–Kier alpha value is -2.35. The monoisotopic (exact) mass is 275 g/mol. The number of nitrogens with zero attached hydrogens (tertiary/aromatic N) is 2. The van der Waals surface area contributed by atoms with E-state index in [1.807, 2.05) is 0 Å². The first-order chi connectivity index (χ1) is 10.2. The maximum atomic E-state index is 2.42. The maximum Gasteiger partial charge on any atom is 0.261 e. The van der Waals surface area contributed by atoms with Gasteiger partial charge in [0.2, 0.25) is 0 Å². The highest BCUT2D eigenvalue weighted by Crippen LogP contribution is 2.30. The molecule has 0 aliphatic carbocycles. The summed E-state index contributed by atoms with van der Waals surface area (Å²) < 4.78 is 4.67. The van der Waals surface area contributed by atoms with Gasteiger partial charge in [-0.1, -0.05) is 31.2 Å². The molecular weight excluding hydrogens is 256 g/mol. The first-order valence-corrected chi connectivity index (χ1v) is 7.51. The van der Waals surface area contributed by atoms with Crippen LogP contribution < -0.4 is 4.57 Å². The van der Waals surface area contributed by atoms with Gasteiger partial charge in [0.1, 0.15) is 11.7 Å². The largest absolute Gasteiger partial charge is 0.261 e. The van der Waals surface area contributed by atoms with Crippen LogP contribution in [0.1, 0.15) is 18.3 Å². The van der Waals surface area contributed by atoms with Crippen LogP contribution in [0, 0.1) is 6.92 Å². The molecule has 0 amide bonds. The van der Waals surface area contributed by atoms with E-state index in [1.54, 1.807) is 0 Å². The summed E-state index contributed by atoms with van der Waals surface area (Å²) >= 11 is 0. The lowest BCUT2D eigenvalue weighted by Crippen LogP contribution is -2.30. The highest BCUT2D eigenvalue weighted by Gasteiger charge is 2.20. The van der Waals surface area contributed by atoms with E-state index in [0.29, 0.717) is 0 Å². The van der Waals surface area contributed by atoms with Gasteiger partial charge in [-0.2, -0.15) is 4.40 Å². The molecular formula is C19H19N2+. The van der Waals surface area contributed by atoms with Gasteiger partial charge in [-0.05, 0) is 36.1 Å². The molecule has 2 heterocycles. The number of hydrogen-bond donors (Lipinski definition) is 0. The minimum Gasteiger partial charge on any atom is -0.236 e. The summed E-state index contributed by atoms with van der Waals surface area (Å²) in [7, 11) is 2.14. The van der Waals surface area contributed by atoms with E-state index >= 15 is 0 Å². The second-order valence-corrected chi connectivity index (χ2v) is 5.80. The van der Waals surface area contributed by atoms with E-state index in [0.717, 1.165) is 6.42 Å². The van der Waals surface area contributed by atoms with Crippen molar-refractivity contribution in [2.75, 3.05) is 0 Å². The molecule has 2 aromatic heterocycles. The van der Waals surface area contributed by atoms with Gasteiger partial charge in [-0.25, -0.2) is 4.57 Å². The molecule has 0 fully saturated rings. The van der Waals surface area contributed by atoms with Crippen LogP contribution in [0.25, 0.3) is 27.2 Å². The summed E-state index contributed by atoms with van der Waals surface area (Å²) in [5.74, 6) is 1.34. The lowest BCUT2D eigenvalue weighted by Gasteiger charge is -2.06. The van der Waals surface area contributed by atoms with Crippen molar-refractivity contribution >= 4 is 27.2 Å². The Kier molecular flexibility index (Phi) is 2.55. The number of imidazole rings is 1. The molecule has 0 bridgehead atoms. The van der Waals surface area contributed by atoms with Gasteiger partial charge in [-0.15, -0.1) is 0 Å². The number of hydrogen-bond acceptors (Lipinski definition) is 0. The van der Waals surface area contributed by atoms with Crippen molar-refractivity contribution in [2.45, 2.75) is 20.3 Å². The smallest absolute Gasteiger partial charge is 0.236 e. The van der Waals surface area contributed by atoms with Gasteiger partial charge in [0, 0.05) is 17.2 Å². The molecule has 0 aliphatic rings. The predicted molar refractivity (Wildman–Crippen MR) is 87.7 cm³/mol. The second-order valence-electron chi connectivity index (χ2n) is 5.80. The number of rotatable bonds is 1. The van der Waals surface area contributed by atoms with Crippen LogP contribution in [0.3, 0.4) is 0 Å². The van der Waals surface area contributed by atoms with Crippen LogP contribution in [0.5, 0.6) is 0 Å². The van der Waals surface area contributed by atoms with E-state index < -0.39 is 0 Å². The molecule has 0 saturated heterocycles. The molecule has 0 radical (unpaired) electrons. The molecule has 2 aromatic carbocycles. The summed E-state index contributed by atoms with van der Waals surface area (Å²) in [6.07, 6.45) is 3.27. The van der Waals surface area contributed by atoms with E-state index in [9.17, 15) is 0 Å². The van der Waals surface area contributed by atoms with E-state index in [-0.39, 0.29) is 0 Å². The molecule has 0 aliphatic heterocycles. The van der Waals surface area contributed by atoms with E-state index in [2.05, 4.69) is 78.5 Å². The van der Waals surface area contributed by atoms with Crippen LogP contribution in [0.4, 0.5) is 0 Å². The molecule has 104 valence electrons. The standard InChI is InChI=1S/C19H19N2/c1-4-19-20(3)12-18-15-8-6-5-7-14(15)16-10-9-13(2)11-17(16)21(18)19/h5-12H,4H2,1-3H3/q+1. The topological polar surface area (TPSA) is 8.29 Å². The van der Waals surface area contributed by atoms with Gasteiger partial charge < -0.3 is 0 Å². The minimum atomic E-state index is 1.02. The third kappa shape index (κ3) is 1.62. The Bertz CT molecular complexity index is 993. The highest BCUT2D eigenvalue weighted by atomic mass is 15.1. The van der Waals surface area contributed by atoms with E-state index in [4.69, 9.17) is 0 Å². The molecule has 0 unspecified atom stereocenters. The fraction of sp³-hybridized carbons (Fsp3) is 0.211. The van der Waals surface area contributed by atoms with Crippen molar-refractivity contribution in [2.24, 2.45) is 7.05 Å². The molecule has 0 saturated carbocycles. The quantitative estimate of drug-likeness (QED) is 0.367. The van der Waals surface area contributed by atoms with Crippen LogP contribution in [-0.2, 0) is 13.5 Å². The summed E-state index contributed by atoms with van der Waals surface area (Å²) in [6, 6.07) is 15.5. The maximum absolute atomic E-state index is 2.42. The van der Waals surface area contributed by atoms with Crippen molar-refractivity contribution in [3.63, 3.8) is 0 Å². The van der Waals surface area contributed by atoms with Crippen molar-refractivity contribution in [3.8, 4) is 0 Å². The van der Waals surface area contributed by atoms with Crippen LogP contribution >= 0.6 is 0 Å². The Morgan fingerprint density at radius 1 is 0.952 bits per heavy atom. The zero-order chi connectivity index (χ0) is 14.6. The van der Waals surface area contributed by atoms with Gasteiger partial charge >= 0.3 is 0 Å². The number of aromatic nitrogens is 2. The molecule has 4 aromatic rings. The number of aryl methyl sites for hydroxylation is 3. The van der Waals surface area contributed by atoms with Gasteiger partial charge in [0.15, 0.2) is 5.52 Å². The molecule has 2 heteroatoms. The average Bonchev–Trinajstić information content (AvgIpc) is 2.84. The van der Waals surface area contributed by atoms with Crippen molar-refractivity contribution < 1.29 is 4.57 Å². The Balaban J connectivity index is 2.41. The number of benzene rings is 2. The third-order valence-electron chi connectivity index (χ3n) is 4.43. The summed E-state index contributed by atoms with van der Waals surface area (Å²) in [5.41, 5.74) is 3.90. The molecule has 0 atom stereocenters. The zero-order valence-corrected chi connectivity index (χ0v) is 12.7. The first kappa shape index (κ1) is 12.4. The molecule has 0 N–H and O–H groups in total. The van der Waals surface area contributed by atoms with Crippen LogP contribution in [-0.4, -0.2) is 4.40 Å². The van der Waals surface area contributed by atoms with Gasteiger partial charge in [0.05, 0.1) is 7.05 Å².